The fourth-order valence-electron chi connectivity index (χ4n) is 2.22. The van der Waals surface area contributed by atoms with E-state index in [9.17, 15) is 4.79 Å². The van der Waals surface area contributed by atoms with Crippen LogP contribution in [0.3, 0.4) is 0 Å². The van der Waals surface area contributed by atoms with Crippen molar-refractivity contribution in [3.05, 3.63) is 0 Å². The van der Waals surface area contributed by atoms with Crippen LogP contribution in [0.4, 0.5) is 4.79 Å². The highest BCUT2D eigenvalue weighted by Gasteiger charge is 2.41. The van der Waals surface area contributed by atoms with Crippen molar-refractivity contribution in [1.29, 1.82) is 0 Å². The Morgan fingerprint density at radius 3 is 2.88 bits per heavy atom. The summed E-state index contributed by atoms with van der Waals surface area (Å²) in [6.07, 6.45) is -0.341. The van der Waals surface area contributed by atoms with E-state index in [-0.39, 0.29) is 12.1 Å². The Bertz CT molecular complexity index is 275. The normalized spacial score (nSPS) is 33.6. The Morgan fingerprint density at radius 2 is 2.19 bits per heavy atom. The van der Waals surface area contributed by atoms with Gasteiger partial charge >= 0.3 is 6.09 Å². The number of carbonyl (C=O) groups excluding carboxylic acids is 1. The van der Waals surface area contributed by atoms with Crippen LogP contribution in [-0.2, 0) is 9.47 Å². The van der Waals surface area contributed by atoms with E-state index < -0.39 is 5.60 Å². The molecule has 5 heteroatoms. The molecule has 2 rings (SSSR count). The van der Waals surface area contributed by atoms with Gasteiger partial charge in [0.15, 0.2) is 0 Å². The molecule has 16 heavy (non-hydrogen) atoms. The van der Waals surface area contributed by atoms with Gasteiger partial charge in [0, 0.05) is 18.5 Å². The molecule has 0 unspecified atom stereocenters. The lowest BCUT2D eigenvalue weighted by Crippen LogP contribution is -2.43. The summed E-state index contributed by atoms with van der Waals surface area (Å²) in [5, 5.41) is 6.24. The topological polar surface area (TPSA) is 59.6 Å². The number of rotatable bonds is 1. The largest absolute Gasteiger partial charge is 0.444 e. The third kappa shape index (κ3) is 2.65. The lowest BCUT2D eigenvalue weighted by atomic mass is 10.0. The van der Waals surface area contributed by atoms with Crippen molar-refractivity contribution < 1.29 is 14.3 Å². The Morgan fingerprint density at radius 1 is 1.44 bits per heavy atom. The third-order valence-corrected chi connectivity index (χ3v) is 2.94. The van der Waals surface area contributed by atoms with Crippen molar-refractivity contribution in [2.24, 2.45) is 5.92 Å². The van der Waals surface area contributed by atoms with Crippen LogP contribution in [0, 0.1) is 5.92 Å². The van der Waals surface area contributed by atoms with E-state index in [2.05, 4.69) is 10.6 Å². The molecule has 0 aromatic heterocycles. The molecule has 0 aliphatic carbocycles. The van der Waals surface area contributed by atoms with Gasteiger partial charge in [-0.05, 0) is 20.8 Å². The second kappa shape index (κ2) is 4.22. The molecule has 2 aliphatic rings. The van der Waals surface area contributed by atoms with Crippen molar-refractivity contribution in [3.8, 4) is 0 Å². The zero-order chi connectivity index (χ0) is 11.8. The number of amides is 1. The van der Waals surface area contributed by atoms with Gasteiger partial charge < -0.3 is 20.1 Å². The molecule has 5 nitrogen and oxygen atoms in total. The van der Waals surface area contributed by atoms with Gasteiger partial charge in [-0.15, -0.1) is 0 Å². The first kappa shape index (κ1) is 11.7. The van der Waals surface area contributed by atoms with Crippen molar-refractivity contribution >= 4 is 6.09 Å². The lowest BCUT2D eigenvalue weighted by Gasteiger charge is -2.23. The molecular formula is C11H20N2O3. The van der Waals surface area contributed by atoms with Crippen LogP contribution in [0.25, 0.3) is 0 Å². The summed E-state index contributed by atoms with van der Waals surface area (Å²) >= 11 is 0. The lowest BCUT2D eigenvalue weighted by molar-refractivity contribution is 0.0491. The molecular weight excluding hydrogens is 208 g/mol. The highest BCUT2D eigenvalue weighted by molar-refractivity contribution is 5.68. The average molecular weight is 228 g/mol. The molecule has 0 bridgehead atoms. The van der Waals surface area contributed by atoms with E-state index in [1.165, 1.54) is 0 Å². The molecule has 0 aromatic carbocycles. The molecule has 0 saturated carbocycles. The Labute approximate surface area is 95.9 Å². The van der Waals surface area contributed by atoms with Gasteiger partial charge in [-0.3, -0.25) is 0 Å². The monoisotopic (exact) mass is 228 g/mol. The molecule has 0 aromatic rings. The first-order valence-corrected chi connectivity index (χ1v) is 5.76. The summed E-state index contributed by atoms with van der Waals surface area (Å²) in [6.45, 7) is 7.86. The maximum Gasteiger partial charge on any atom is 0.407 e. The number of hydrogen-bond acceptors (Lipinski definition) is 4. The maximum atomic E-state index is 11.6. The molecule has 3 atom stereocenters. The second-order valence-electron chi connectivity index (χ2n) is 5.47. The highest BCUT2D eigenvalue weighted by atomic mass is 16.6. The van der Waals surface area contributed by atoms with Crippen LogP contribution in [0.15, 0.2) is 0 Å². The summed E-state index contributed by atoms with van der Waals surface area (Å²) in [5.41, 5.74) is -0.443. The van der Waals surface area contributed by atoms with Crippen LogP contribution < -0.4 is 10.6 Å². The Balaban J connectivity index is 1.83. The minimum absolute atomic E-state index is 0.127. The van der Waals surface area contributed by atoms with E-state index in [4.69, 9.17) is 9.47 Å². The van der Waals surface area contributed by atoms with Crippen LogP contribution in [0.1, 0.15) is 20.8 Å². The average Bonchev–Trinajstić information content (AvgIpc) is 2.66. The summed E-state index contributed by atoms with van der Waals surface area (Å²) in [7, 11) is 0. The molecule has 2 aliphatic heterocycles. The number of nitrogens with one attached hydrogen (secondary N) is 2. The third-order valence-electron chi connectivity index (χ3n) is 2.94. The van der Waals surface area contributed by atoms with Gasteiger partial charge in [0.25, 0.3) is 0 Å². The molecule has 2 fully saturated rings. The fraction of sp³-hybridized carbons (Fsp3) is 0.909. The smallest absolute Gasteiger partial charge is 0.407 e. The van der Waals surface area contributed by atoms with Gasteiger partial charge in [0.2, 0.25) is 0 Å². The molecule has 2 heterocycles. The quantitative estimate of drug-likeness (QED) is 0.686. The zero-order valence-corrected chi connectivity index (χ0v) is 10.1. The van der Waals surface area contributed by atoms with Crippen molar-refractivity contribution in [2.75, 3.05) is 19.8 Å². The molecule has 0 radical (unpaired) electrons. The van der Waals surface area contributed by atoms with Crippen LogP contribution in [-0.4, -0.2) is 43.5 Å². The number of fused-ring (bicyclic) bond motifs is 1. The van der Waals surface area contributed by atoms with Crippen LogP contribution in [0.5, 0.6) is 0 Å². The van der Waals surface area contributed by atoms with E-state index in [0.717, 1.165) is 19.8 Å². The van der Waals surface area contributed by atoms with Gasteiger partial charge in [-0.2, -0.15) is 0 Å². The van der Waals surface area contributed by atoms with E-state index in [0.29, 0.717) is 12.0 Å². The Kier molecular flexibility index (Phi) is 3.08. The van der Waals surface area contributed by atoms with Gasteiger partial charge in [0.05, 0.1) is 19.3 Å². The van der Waals surface area contributed by atoms with Gasteiger partial charge in [0.1, 0.15) is 5.60 Å². The minimum atomic E-state index is -0.443. The predicted octanol–water partition coefficient (Wildman–Crippen LogP) is 0.498. The van der Waals surface area contributed by atoms with E-state index in [1.54, 1.807) is 0 Å². The summed E-state index contributed by atoms with van der Waals surface area (Å²) < 4.78 is 10.6. The number of hydrogen-bond donors (Lipinski definition) is 2. The van der Waals surface area contributed by atoms with Crippen molar-refractivity contribution in [2.45, 2.75) is 38.5 Å². The van der Waals surface area contributed by atoms with Crippen LogP contribution >= 0.6 is 0 Å². The van der Waals surface area contributed by atoms with Crippen LogP contribution in [0.2, 0.25) is 0 Å². The summed E-state index contributed by atoms with van der Waals surface area (Å²) in [5.74, 6) is 0.382. The van der Waals surface area contributed by atoms with E-state index >= 15 is 0 Å². The SMILES string of the molecule is CC(C)(C)OC(=O)N[C@@H]1CN[C@@H]2COC[C@@H]21. The fourth-order valence-corrected chi connectivity index (χ4v) is 2.22. The zero-order valence-electron chi connectivity index (χ0n) is 10.1. The number of carbonyl (C=O) groups is 1. The van der Waals surface area contributed by atoms with Crippen molar-refractivity contribution in [1.82, 2.24) is 10.6 Å². The molecule has 2 saturated heterocycles. The summed E-state index contributed by atoms with van der Waals surface area (Å²) in [6, 6.07) is 0.516. The maximum absolute atomic E-state index is 11.6. The van der Waals surface area contributed by atoms with Gasteiger partial charge in [-0.25, -0.2) is 4.79 Å². The second-order valence-corrected chi connectivity index (χ2v) is 5.47. The predicted molar refractivity (Wildman–Crippen MR) is 59.3 cm³/mol. The minimum Gasteiger partial charge on any atom is -0.444 e. The van der Waals surface area contributed by atoms with E-state index in [1.807, 2.05) is 20.8 Å². The summed E-state index contributed by atoms with van der Waals surface area (Å²) in [4.78, 5) is 11.6. The highest BCUT2D eigenvalue weighted by Crippen LogP contribution is 2.23. The molecule has 2 N–H and O–H groups in total. The Hall–Kier alpha value is -0.810. The number of alkyl carbamates (subject to hydrolysis) is 1. The first-order chi connectivity index (χ1) is 7.46. The molecule has 1 amide bonds. The van der Waals surface area contributed by atoms with Gasteiger partial charge in [-0.1, -0.05) is 0 Å². The number of ether oxygens (including phenoxy) is 2. The molecule has 0 spiro atoms. The molecule has 92 valence electrons. The first-order valence-electron chi connectivity index (χ1n) is 5.76. The van der Waals surface area contributed by atoms with Crippen molar-refractivity contribution in [3.63, 3.8) is 0 Å². The standard InChI is InChI=1S/C11H20N2O3/c1-11(2,3)16-10(14)13-8-4-12-9-6-15-5-7(8)9/h7-9,12H,4-6H2,1-3H3,(H,13,14)/t7-,8-,9-/m1/s1.